The van der Waals surface area contributed by atoms with Gasteiger partial charge in [0.1, 0.15) is 11.4 Å². The SMILES string of the molecule is Nc1nc(-c2cccc(F)c2)c(C(F)(F)F)c(N(N)C(=O)CCO)n1. The molecule has 2 aromatic rings. The van der Waals surface area contributed by atoms with Crippen molar-refractivity contribution in [3.63, 3.8) is 0 Å². The molecule has 0 fully saturated rings. The predicted molar refractivity (Wildman–Crippen MR) is 80.2 cm³/mol. The zero-order valence-corrected chi connectivity index (χ0v) is 12.6. The average molecular weight is 359 g/mol. The van der Waals surface area contributed by atoms with E-state index in [1.807, 2.05) is 0 Å². The van der Waals surface area contributed by atoms with E-state index in [1.54, 1.807) is 0 Å². The highest BCUT2D eigenvalue weighted by Crippen LogP contribution is 2.41. The van der Waals surface area contributed by atoms with Crippen molar-refractivity contribution in [2.45, 2.75) is 12.6 Å². The largest absolute Gasteiger partial charge is 0.422 e. The second kappa shape index (κ2) is 6.99. The molecule has 7 nitrogen and oxygen atoms in total. The van der Waals surface area contributed by atoms with Crippen LogP contribution in [0.4, 0.5) is 29.3 Å². The van der Waals surface area contributed by atoms with Gasteiger partial charge in [-0.2, -0.15) is 18.2 Å². The van der Waals surface area contributed by atoms with Gasteiger partial charge in [-0.25, -0.2) is 20.2 Å². The molecular weight excluding hydrogens is 346 g/mol. The molecule has 1 heterocycles. The van der Waals surface area contributed by atoms with Crippen LogP contribution in [0.5, 0.6) is 0 Å². The summed E-state index contributed by atoms with van der Waals surface area (Å²) in [6.07, 6.45) is -5.53. The number of alkyl halides is 3. The second-order valence-electron chi connectivity index (χ2n) is 4.87. The smallest absolute Gasteiger partial charge is 0.396 e. The van der Waals surface area contributed by atoms with Crippen molar-refractivity contribution >= 4 is 17.7 Å². The van der Waals surface area contributed by atoms with Gasteiger partial charge in [-0.3, -0.25) is 4.79 Å². The Balaban J connectivity index is 2.74. The number of nitrogen functional groups attached to an aromatic ring is 1. The summed E-state index contributed by atoms with van der Waals surface area (Å²) in [5.41, 5.74) is 3.05. The quantitative estimate of drug-likeness (QED) is 0.329. The number of halogens is 4. The lowest BCUT2D eigenvalue weighted by Crippen LogP contribution is -2.40. The maximum atomic E-state index is 13.6. The van der Waals surface area contributed by atoms with Gasteiger partial charge in [-0.1, -0.05) is 12.1 Å². The molecule has 0 atom stereocenters. The van der Waals surface area contributed by atoms with Crippen LogP contribution in [-0.2, 0) is 11.0 Å². The number of hydrogen-bond donors (Lipinski definition) is 3. The molecule has 11 heteroatoms. The third-order valence-corrected chi connectivity index (χ3v) is 3.11. The van der Waals surface area contributed by atoms with Gasteiger partial charge in [-0.15, -0.1) is 0 Å². The molecule has 25 heavy (non-hydrogen) atoms. The topological polar surface area (TPSA) is 118 Å². The van der Waals surface area contributed by atoms with Crippen LogP contribution >= 0.6 is 0 Å². The number of carbonyl (C=O) groups excluding carboxylic acids is 1. The maximum absolute atomic E-state index is 13.6. The molecule has 0 aliphatic carbocycles. The number of carbonyl (C=O) groups is 1. The van der Waals surface area contributed by atoms with Crippen LogP contribution in [0.25, 0.3) is 11.3 Å². The second-order valence-corrected chi connectivity index (χ2v) is 4.87. The number of anilines is 2. The van der Waals surface area contributed by atoms with Gasteiger partial charge in [-0.05, 0) is 12.1 Å². The average Bonchev–Trinajstić information content (AvgIpc) is 2.52. The summed E-state index contributed by atoms with van der Waals surface area (Å²) in [5, 5.41) is 8.89. The van der Waals surface area contributed by atoms with Crippen molar-refractivity contribution < 1.29 is 27.5 Å². The van der Waals surface area contributed by atoms with Gasteiger partial charge in [0, 0.05) is 5.56 Å². The molecule has 5 N–H and O–H groups in total. The lowest BCUT2D eigenvalue weighted by molar-refractivity contribution is -0.137. The molecule has 0 saturated heterocycles. The van der Waals surface area contributed by atoms with E-state index in [0.29, 0.717) is 0 Å². The van der Waals surface area contributed by atoms with Crippen molar-refractivity contribution in [3.05, 3.63) is 35.6 Å². The Bertz CT molecular complexity index is 797. The molecule has 0 spiro atoms. The monoisotopic (exact) mass is 359 g/mol. The van der Waals surface area contributed by atoms with E-state index in [2.05, 4.69) is 9.97 Å². The van der Waals surface area contributed by atoms with Gasteiger partial charge in [0.25, 0.3) is 0 Å². The summed E-state index contributed by atoms with van der Waals surface area (Å²) in [6.45, 7) is -0.620. The van der Waals surface area contributed by atoms with E-state index in [0.717, 1.165) is 12.1 Å². The fraction of sp³-hybridized carbons (Fsp3) is 0.214. The van der Waals surface area contributed by atoms with E-state index >= 15 is 0 Å². The molecule has 0 unspecified atom stereocenters. The lowest BCUT2D eigenvalue weighted by atomic mass is 10.1. The molecule has 1 aromatic carbocycles. The number of hydrazine groups is 1. The number of rotatable bonds is 4. The van der Waals surface area contributed by atoms with E-state index in [-0.39, 0.29) is 10.6 Å². The van der Waals surface area contributed by atoms with Crippen molar-refractivity contribution in [1.29, 1.82) is 0 Å². The number of aliphatic hydroxyl groups excluding tert-OH is 1. The standard InChI is InChI=1S/C14H13F4N5O2/c15-8-3-1-2-7(6-8)11-10(14(16,17)18)12(22-13(19)21-11)23(20)9(25)4-5-24/h1-3,6,24H,4-5,20H2,(H2,19,21,22). The summed E-state index contributed by atoms with van der Waals surface area (Å²) in [5.74, 6) is 2.04. The first kappa shape index (κ1) is 18.5. The van der Waals surface area contributed by atoms with Crippen molar-refractivity contribution in [2.75, 3.05) is 17.3 Å². The Hall–Kier alpha value is -2.79. The normalized spacial score (nSPS) is 11.4. The summed E-state index contributed by atoms with van der Waals surface area (Å²) < 4.78 is 54.1. The molecule has 0 aliphatic heterocycles. The summed E-state index contributed by atoms with van der Waals surface area (Å²) in [7, 11) is 0. The van der Waals surface area contributed by atoms with E-state index in [9.17, 15) is 22.4 Å². The van der Waals surface area contributed by atoms with Gasteiger partial charge >= 0.3 is 6.18 Å². The Kier molecular flexibility index (Phi) is 5.18. The molecule has 134 valence electrons. The highest BCUT2D eigenvalue weighted by molar-refractivity contribution is 5.93. The first-order chi connectivity index (χ1) is 11.6. The van der Waals surface area contributed by atoms with Gasteiger partial charge < -0.3 is 10.8 Å². The number of aromatic nitrogens is 2. The lowest BCUT2D eigenvalue weighted by Gasteiger charge is -2.22. The Morgan fingerprint density at radius 3 is 2.52 bits per heavy atom. The molecule has 1 aromatic heterocycles. The highest BCUT2D eigenvalue weighted by Gasteiger charge is 2.41. The number of aliphatic hydroxyl groups is 1. The van der Waals surface area contributed by atoms with Crippen molar-refractivity contribution in [3.8, 4) is 11.3 Å². The minimum absolute atomic E-state index is 0.139. The zero-order valence-electron chi connectivity index (χ0n) is 12.6. The van der Waals surface area contributed by atoms with Crippen molar-refractivity contribution in [2.24, 2.45) is 5.84 Å². The molecular formula is C14H13F4N5O2. The molecule has 0 saturated carbocycles. The summed E-state index contributed by atoms with van der Waals surface area (Å²) in [4.78, 5) is 18.7. The maximum Gasteiger partial charge on any atom is 0.422 e. The van der Waals surface area contributed by atoms with Crippen LogP contribution in [0.1, 0.15) is 12.0 Å². The van der Waals surface area contributed by atoms with Gasteiger partial charge in [0.05, 0.1) is 18.7 Å². The molecule has 1 amide bonds. The Morgan fingerprint density at radius 1 is 1.28 bits per heavy atom. The van der Waals surface area contributed by atoms with Crippen LogP contribution in [-0.4, -0.2) is 27.6 Å². The highest BCUT2D eigenvalue weighted by atomic mass is 19.4. The number of benzene rings is 1. The minimum Gasteiger partial charge on any atom is -0.396 e. The van der Waals surface area contributed by atoms with E-state index in [1.165, 1.54) is 12.1 Å². The molecule has 0 aliphatic rings. The number of nitrogens with two attached hydrogens (primary N) is 2. The first-order valence-corrected chi connectivity index (χ1v) is 6.84. The van der Waals surface area contributed by atoms with Gasteiger partial charge in [0.2, 0.25) is 11.9 Å². The predicted octanol–water partition coefficient (Wildman–Crippen LogP) is 1.47. The first-order valence-electron chi connectivity index (χ1n) is 6.84. The Labute approximate surface area is 138 Å². The van der Waals surface area contributed by atoms with Crippen LogP contribution < -0.4 is 16.6 Å². The van der Waals surface area contributed by atoms with Crippen LogP contribution in [0.15, 0.2) is 24.3 Å². The summed E-state index contributed by atoms with van der Waals surface area (Å²) in [6, 6.07) is 4.26. The zero-order chi connectivity index (χ0) is 18.8. The fourth-order valence-electron chi connectivity index (χ4n) is 2.08. The third kappa shape index (κ3) is 4.00. The number of amides is 1. The van der Waals surface area contributed by atoms with E-state index in [4.69, 9.17) is 16.7 Å². The molecule has 0 radical (unpaired) electrons. The third-order valence-electron chi connectivity index (χ3n) is 3.11. The van der Waals surface area contributed by atoms with Crippen LogP contribution in [0, 0.1) is 5.82 Å². The van der Waals surface area contributed by atoms with Gasteiger partial charge in [0.15, 0.2) is 5.82 Å². The fourth-order valence-corrected chi connectivity index (χ4v) is 2.08. The van der Waals surface area contributed by atoms with E-state index < -0.39 is 54.0 Å². The number of hydrogen-bond acceptors (Lipinski definition) is 6. The van der Waals surface area contributed by atoms with Crippen molar-refractivity contribution in [1.82, 2.24) is 9.97 Å². The minimum atomic E-state index is -5.01. The summed E-state index contributed by atoms with van der Waals surface area (Å²) >= 11 is 0. The van der Waals surface area contributed by atoms with Crippen LogP contribution in [0.3, 0.4) is 0 Å². The molecule has 2 rings (SSSR count). The number of nitrogens with zero attached hydrogens (tertiary/aromatic N) is 3. The molecule has 0 bridgehead atoms. The Morgan fingerprint density at radius 2 is 1.96 bits per heavy atom. The van der Waals surface area contributed by atoms with Crippen LogP contribution in [0.2, 0.25) is 0 Å².